The van der Waals surface area contributed by atoms with E-state index in [-0.39, 0.29) is 41.1 Å². The minimum absolute atomic E-state index is 0.0247. The summed E-state index contributed by atoms with van der Waals surface area (Å²) in [7, 11) is 2.94. The molecule has 1 saturated heterocycles. The number of imidazole rings is 2. The zero-order chi connectivity index (χ0) is 39.0. The number of nitro groups is 1. The van der Waals surface area contributed by atoms with E-state index >= 15 is 0 Å². The second-order valence-electron chi connectivity index (χ2n) is 16.4. The van der Waals surface area contributed by atoms with Crippen molar-refractivity contribution < 1.29 is 29.1 Å². The Morgan fingerprint density at radius 2 is 1.57 bits per heavy atom. The molecule has 6 aromatic rings. The highest BCUT2D eigenvalue weighted by molar-refractivity contribution is 6.07. The zero-order valence-corrected chi connectivity index (χ0v) is 31.7. The van der Waals surface area contributed by atoms with Crippen molar-refractivity contribution in [3.8, 4) is 11.1 Å². The molecule has 2 amide bonds. The van der Waals surface area contributed by atoms with Gasteiger partial charge in [0, 0.05) is 53.6 Å². The van der Waals surface area contributed by atoms with Crippen LogP contribution in [0.25, 0.3) is 54.7 Å². The molecule has 290 valence electrons. The van der Waals surface area contributed by atoms with Gasteiger partial charge in [0.25, 0.3) is 0 Å². The second-order valence-corrected chi connectivity index (χ2v) is 16.4. The van der Waals surface area contributed by atoms with E-state index in [0.717, 1.165) is 61.2 Å². The first-order chi connectivity index (χ1) is 27.0. The van der Waals surface area contributed by atoms with Crippen LogP contribution in [0.4, 0.5) is 9.59 Å². The maximum atomic E-state index is 13.1. The van der Waals surface area contributed by atoms with Crippen molar-refractivity contribution >= 4 is 55.8 Å². The Balaban J connectivity index is 1.02. The molecule has 3 fully saturated rings. The summed E-state index contributed by atoms with van der Waals surface area (Å²) in [6.07, 6.45) is 0.801. The number of fused-ring (bicyclic) bond motifs is 7. The number of nitrogens with one attached hydrogen (secondary N) is 3. The van der Waals surface area contributed by atoms with Crippen LogP contribution in [0, 0.1) is 33.8 Å². The molecule has 2 aliphatic carbocycles. The molecule has 56 heavy (non-hydrogen) atoms. The quantitative estimate of drug-likeness (QED) is 0.0792. The number of aromatic amines is 2. The average Bonchev–Trinajstić information content (AvgIpc) is 3.56. The van der Waals surface area contributed by atoms with Crippen LogP contribution in [-0.2, 0) is 9.47 Å². The Labute approximate surface area is 322 Å². The molecule has 7 atom stereocenters. The van der Waals surface area contributed by atoms with Gasteiger partial charge in [0.15, 0.2) is 0 Å². The summed E-state index contributed by atoms with van der Waals surface area (Å²) < 4.78 is 10.2. The van der Waals surface area contributed by atoms with Gasteiger partial charge in [-0.05, 0) is 77.3 Å². The number of carbonyl (C=O) groups excluding carboxylic acids is 1. The number of rotatable bonds is 10. The third-order valence-electron chi connectivity index (χ3n) is 12.9. The van der Waals surface area contributed by atoms with E-state index in [1.54, 1.807) is 7.11 Å². The zero-order valence-electron chi connectivity index (χ0n) is 31.7. The Hall–Kier alpha value is -5.76. The number of H-pyrrole nitrogens is 2. The molecule has 9 rings (SSSR count). The first-order valence-corrected chi connectivity index (χ1v) is 19.3. The topological polar surface area (TPSA) is 189 Å². The molecule has 0 bridgehead atoms. The molecule has 0 spiro atoms. The van der Waals surface area contributed by atoms with Crippen LogP contribution < -0.4 is 5.32 Å². The molecule has 0 radical (unpaired) electrons. The minimum atomic E-state index is -1.25. The van der Waals surface area contributed by atoms with Crippen molar-refractivity contribution in [3.63, 3.8) is 0 Å². The standard InChI is InChI=1S/C42H45N7O7/c1-21(2)34(45-40(50)56-4)18-42(49(53)54)30-16-27(30)17-31(42)38-43-32-11-7-25-14-23(5-9-28(25)36(32)46-38)24-6-10-29-26(15-24)8-12-33-37(29)47-39(44-33)35-13-22(20-55-3)19-48(35)41(51)52/h5-12,14-15,21-22,27,30-31,34-35H,13,16-20H2,1-4H3,(H,43,46)(H,44,47)(H,45,50)(H,51,52)/t22?,27-,30-,31-,34+,35?,42?/m1/s1. The molecule has 3 aliphatic rings. The van der Waals surface area contributed by atoms with Gasteiger partial charge in [-0.25, -0.2) is 19.6 Å². The van der Waals surface area contributed by atoms with Gasteiger partial charge >= 0.3 is 12.2 Å². The molecule has 1 aliphatic heterocycles. The van der Waals surface area contributed by atoms with Crippen molar-refractivity contribution in [3.05, 3.63) is 82.4 Å². The van der Waals surface area contributed by atoms with Gasteiger partial charge < -0.3 is 29.9 Å². The van der Waals surface area contributed by atoms with Crippen LogP contribution in [0.3, 0.4) is 0 Å². The molecular weight excluding hydrogens is 715 g/mol. The van der Waals surface area contributed by atoms with Crippen molar-refractivity contribution in [2.45, 2.75) is 63.1 Å². The molecule has 3 unspecified atom stereocenters. The summed E-state index contributed by atoms with van der Waals surface area (Å²) in [4.78, 5) is 55.7. The van der Waals surface area contributed by atoms with E-state index in [1.807, 2.05) is 26.0 Å². The van der Waals surface area contributed by atoms with Crippen molar-refractivity contribution in [1.29, 1.82) is 0 Å². The molecular formula is C42H45N7O7. The predicted molar refractivity (Wildman–Crippen MR) is 211 cm³/mol. The smallest absolute Gasteiger partial charge is 0.407 e. The van der Waals surface area contributed by atoms with Gasteiger partial charge in [0.05, 0.1) is 47.7 Å². The highest BCUT2D eigenvalue weighted by atomic mass is 16.6. The summed E-state index contributed by atoms with van der Waals surface area (Å²) in [5.41, 5.74) is 4.09. The number of carboxylic acid groups (broad SMARTS) is 1. The number of ether oxygens (including phenoxy) is 2. The molecule has 14 nitrogen and oxygen atoms in total. The number of likely N-dealkylation sites (tertiary alicyclic amines) is 1. The van der Waals surface area contributed by atoms with Crippen LogP contribution >= 0.6 is 0 Å². The predicted octanol–water partition coefficient (Wildman–Crippen LogP) is 8.01. The first kappa shape index (κ1) is 35.9. The maximum absolute atomic E-state index is 13.1. The van der Waals surface area contributed by atoms with E-state index in [4.69, 9.17) is 19.4 Å². The highest BCUT2D eigenvalue weighted by Crippen LogP contribution is 2.66. The molecule has 4 aromatic carbocycles. The largest absolute Gasteiger partial charge is 0.465 e. The Bertz CT molecular complexity index is 2550. The lowest BCUT2D eigenvalue weighted by Gasteiger charge is -2.33. The summed E-state index contributed by atoms with van der Waals surface area (Å²) >= 11 is 0. The molecule has 3 heterocycles. The number of hydrogen-bond donors (Lipinski definition) is 4. The fourth-order valence-electron chi connectivity index (χ4n) is 9.95. The second kappa shape index (κ2) is 13.5. The number of aromatic nitrogens is 4. The van der Waals surface area contributed by atoms with Gasteiger partial charge in [-0.1, -0.05) is 50.2 Å². The molecule has 2 aromatic heterocycles. The van der Waals surface area contributed by atoms with Crippen LogP contribution in [0.15, 0.2) is 60.7 Å². The molecule has 4 N–H and O–H groups in total. The van der Waals surface area contributed by atoms with E-state index in [2.05, 4.69) is 63.8 Å². The first-order valence-electron chi connectivity index (χ1n) is 19.3. The number of benzene rings is 4. The van der Waals surface area contributed by atoms with E-state index in [1.165, 1.54) is 12.0 Å². The molecule has 14 heteroatoms. The van der Waals surface area contributed by atoms with Crippen molar-refractivity contribution in [2.75, 3.05) is 27.4 Å². The van der Waals surface area contributed by atoms with Gasteiger partial charge in [-0.3, -0.25) is 15.0 Å². The lowest BCUT2D eigenvalue weighted by atomic mass is 9.76. The SMILES string of the molecule is COCC1CC(c2nc3c(ccc4cc(-c5ccc6c(ccc7[nH]c([C@H]8C[C@H]9C[C@H]9C8(C[C@H](NC(=O)OC)C(C)C)[N+](=O)[O-])nc76)c5)ccc43)[nH]2)N(C(=O)O)C1. The number of alkyl carbamates (subject to hydrolysis) is 1. The number of carbonyl (C=O) groups is 2. The summed E-state index contributed by atoms with van der Waals surface area (Å²) in [6.45, 7) is 4.83. The highest BCUT2D eigenvalue weighted by Gasteiger charge is 2.72. The van der Waals surface area contributed by atoms with Crippen molar-refractivity contribution in [2.24, 2.45) is 23.7 Å². The Morgan fingerprint density at radius 3 is 2.14 bits per heavy atom. The van der Waals surface area contributed by atoms with E-state index < -0.39 is 29.7 Å². The maximum Gasteiger partial charge on any atom is 0.407 e. The summed E-state index contributed by atoms with van der Waals surface area (Å²) in [6, 6.07) is 19.9. The Kier molecular flexibility index (Phi) is 8.64. The third kappa shape index (κ3) is 5.80. The number of hydrogen-bond acceptors (Lipinski definition) is 8. The monoisotopic (exact) mass is 759 g/mol. The third-order valence-corrected chi connectivity index (χ3v) is 12.9. The van der Waals surface area contributed by atoms with Gasteiger partial charge in [-0.15, -0.1) is 0 Å². The van der Waals surface area contributed by atoms with E-state index in [9.17, 15) is 24.8 Å². The summed E-state index contributed by atoms with van der Waals surface area (Å²) in [5, 5.41) is 29.8. The van der Waals surface area contributed by atoms with Gasteiger partial charge in [0.1, 0.15) is 11.6 Å². The lowest BCUT2D eigenvalue weighted by Crippen LogP contribution is -2.52. The van der Waals surface area contributed by atoms with Crippen LogP contribution in [0.1, 0.15) is 63.1 Å². The summed E-state index contributed by atoms with van der Waals surface area (Å²) in [5.74, 6) is 1.14. The number of amides is 2. The fourth-order valence-corrected chi connectivity index (χ4v) is 9.95. The van der Waals surface area contributed by atoms with E-state index in [0.29, 0.717) is 37.6 Å². The van der Waals surface area contributed by atoms with Gasteiger partial charge in [0.2, 0.25) is 5.54 Å². The Morgan fingerprint density at radius 1 is 0.946 bits per heavy atom. The minimum Gasteiger partial charge on any atom is -0.465 e. The van der Waals surface area contributed by atoms with Gasteiger partial charge in [-0.2, -0.15) is 0 Å². The fraction of sp³-hybridized carbons (Fsp3) is 0.429. The lowest BCUT2D eigenvalue weighted by molar-refractivity contribution is -0.580. The van der Waals surface area contributed by atoms with Crippen LogP contribution in [0.5, 0.6) is 0 Å². The molecule has 2 saturated carbocycles. The van der Waals surface area contributed by atoms with Crippen molar-refractivity contribution in [1.82, 2.24) is 30.2 Å². The number of nitrogens with zero attached hydrogens (tertiary/aromatic N) is 4. The average molecular weight is 760 g/mol. The van der Waals surface area contributed by atoms with Crippen LogP contribution in [-0.4, -0.2) is 86.0 Å². The number of methoxy groups -OCH3 is 2. The van der Waals surface area contributed by atoms with Crippen LogP contribution in [0.2, 0.25) is 0 Å². The normalized spacial score (nSPS) is 25.0.